The number of anilines is 2. The standard InChI is InChI=1S/C32H28FN7O4/c1-17-10-21(7-4-19(17)13-34)38-31(42)32(2,43)15-44-22-8-5-18(6-9-22)28-27(30-36-16-37-40(30)3)29-26-23(25(41)14-35-29)11-20(33)12-24(26)39-28/h4-12,16,27-28,39,43H,14-15H2,1-3H3,(H,38,42)/t27-,28-,32+/m1/s1. The number of halogens is 1. The lowest BCUT2D eigenvalue weighted by Crippen LogP contribution is -2.45. The Kier molecular flexibility index (Phi) is 7.18. The van der Waals surface area contributed by atoms with Crippen molar-refractivity contribution >= 4 is 28.8 Å². The molecule has 0 radical (unpaired) electrons. The van der Waals surface area contributed by atoms with Crippen LogP contribution in [-0.4, -0.2) is 56.0 Å². The van der Waals surface area contributed by atoms with Gasteiger partial charge in [-0.15, -0.1) is 0 Å². The highest BCUT2D eigenvalue weighted by atomic mass is 19.1. The van der Waals surface area contributed by atoms with E-state index in [1.807, 2.05) is 12.1 Å². The van der Waals surface area contributed by atoms with Gasteiger partial charge in [-0.05, 0) is 67.4 Å². The molecule has 6 rings (SSSR count). The molecule has 0 aliphatic carbocycles. The number of amides is 1. The number of ether oxygens (including phenoxy) is 1. The zero-order valence-electron chi connectivity index (χ0n) is 24.1. The van der Waals surface area contributed by atoms with E-state index in [-0.39, 0.29) is 24.5 Å². The van der Waals surface area contributed by atoms with Crippen molar-refractivity contribution in [2.24, 2.45) is 12.0 Å². The van der Waals surface area contributed by atoms with Crippen LogP contribution in [-0.2, 0) is 11.8 Å². The fraction of sp³-hybridized carbons (Fsp3) is 0.250. The summed E-state index contributed by atoms with van der Waals surface area (Å²) in [6.07, 6.45) is 1.45. The molecule has 3 atom stereocenters. The van der Waals surface area contributed by atoms with Crippen molar-refractivity contribution in [1.29, 1.82) is 5.26 Å². The summed E-state index contributed by atoms with van der Waals surface area (Å²) in [5, 5.41) is 30.2. The fourth-order valence-corrected chi connectivity index (χ4v) is 5.53. The minimum atomic E-state index is -1.86. The number of carbonyl (C=O) groups is 2. The molecule has 0 saturated heterocycles. The van der Waals surface area contributed by atoms with Crippen LogP contribution < -0.4 is 15.4 Å². The number of rotatable bonds is 7. The van der Waals surface area contributed by atoms with Gasteiger partial charge in [-0.3, -0.25) is 19.3 Å². The van der Waals surface area contributed by atoms with Gasteiger partial charge in [0.25, 0.3) is 5.91 Å². The van der Waals surface area contributed by atoms with Crippen molar-refractivity contribution in [3.63, 3.8) is 0 Å². The van der Waals surface area contributed by atoms with Crippen LogP contribution in [0.2, 0.25) is 0 Å². The molecule has 0 bridgehead atoms. The number of aryl methyl sites for hydroxylation is 2. The second-order valence-corrected chi connectivity index (χ2v) is 11.1. The number of aliphatic imine (C=N–C) groups is 1. The Morgan fingerprint density at radius 1 is 1.25 bits per heavy atom. The molecule has 3 aromatic carbocycles. The minimum Gasteiger partial charge on any atom is -0.490 e. The van der Waals surface area contributed by atoms with Gasteiger partial charge in [0.05, 0.1) is 29.3 Å². The number of hydrogen-bond donors (Lipinski definition) is 3. The fourth-order valence-electron chi connectivity index (χ4n) is 5.53. The maximum Gasteiger partial charge on any atom is 0.259 e. The van der Waals surface area contributed by atoms with Gasteiger partial charge in [-0.25, -0.2) is 9.37 Å². The Bertz CT molecular complexity index is 1870. The Labute approximate surface area is 252 Å². The molecular weight excluding hydrogens is 565 g/mol. The van der Waals surface area contributed by atoms with Gasteiger partial charge >= 0.3 is 0 Å². The number of carbonyl (C=O) groups excluding carboxylic acids is 2. The van der Waals surface area contributed by atoms with Gasteiger partial charge in [0.1, 0.15) is 36.9 Å². The lowest BCUT2D eigenvalue weighted by Gasteiger charge is -2.37. The molecule has 0 spiro atoms. The quantitative estimate of drug-likeness (QED) is 0.292. The first-order chi connectivity index (χ1) is 21.1. The van der Waals surface area contributed by atoms with E-state index in [1.165, 1.54) is 25.4 Å². The highest BCUT2D eigenvalue weighted by Crippen LogP contribution is 2.45. The number of hydrogen-bond acceptors (Lipinski definition) is 9. The van der Waals surface area contributed by atoms with E-state index < -0.39 is 29.3 Å². The summed E-state index contributed by atoms with van der Waals surface area (Å²) in [6.45, 7) is 2.70. The number of aromatic nitrogens is 3. The predicted molar refractivity (Wildman–Crippen MR) is 159 cm³/mol. The SMILES string of the molecule is Cc1cc(NC(=O)[C@@](C)(O)COc2ccc([C@H]3Nc4cc(F)cc5c4C(=NCC5=O)[C@@H]3c3ncnn3C)cc2)ccc1C#N. The predicted octanol–water partition coefficient (Wildman–Crippen LogP) is 3.84. The third-order valence-electron chi connectivity index (χ3n) is 7.87. The highest BCUT2D eigenvalue weighted by Gasteiger charge is 2.42. The van der Waals surface area contributed by atoms with E-state index in [0.29, 0.717) is 45.4 Å². The Morgan fingerprint density at radius 3 is 2.70 bits per heavy atom. The van der Waals surface area contributed by atoms with Crippen LogP contribution in [0.25, 0.3) is 0 Å². The van der Waals surface area contributed by atoms with Crippen molar-refractivity contribution in [3.8, 4) is 11.8 Å². The van der Waals surface area contributed by atoms with Crippen molar-refractivity contribution < 1.29 is 23.8 Å². The maximum absolute atomic E-state index is 14.6. The molecule has 2 aliphatic heterocycles. The molecule has 1 amide bonds. The van der Waals surface area contributed by atoms with Crippen LogP contribution in [0.1, 0.15) is 57.3 Å². The second kappa shape index (κ2) is 11.0. The topological polar surface area (TPSA) is 155 Å². The van der Waals surface area contributed by atoms with Crippen LogP contribution in [0.5, 0.6) is 5.75 Å². The molecule has 12 heteroatoms. The number of ketones is 1. The van der Waals surface area contributed by atoms with E-state index in [2.05, 4.69) is 31.8 Å². The molecule has 222 valence electrons. The third kappa shape index (κ3) is 5.18. The number of aliphatic hydroxyl groups is 1. The third-order valence-corrected chi connectivity index (χ3v) is 7.87. The highest BCUT2D eigenvalue weighted by molar-refractivity contribution is 6.21. The molecule has 0 fully saturated rings. The molecule has 3 heterocycles. The molecule has 1 aromatic heterocycles. The molecule has 3 N–H and O–H groups in total. The zero-order chi connectivity index (χ0) is 31.2. The van der Waals surface area contributed by atoms with Crippen LogP contribution in [0.3, 0.4) is 0 Å². The summed E-state index contributed by atoms with van der Waals surface area (Å²) in [4.78, 5) is 34.5. The molecule has 11 nitrogen and oxygen atoms in total. The Morgan fingerprint density at radius 2 is 2.02 bits per heavy atom. The van der Waals surface area contributed by atoms with Crippen LogP contribution in [0.15, 0.2) is 65.9 Å². The summed E-state index contributed by atoms with van der Waals surface area (Å²) >= 11 is 0. The van der Waals surface area contributed by atoms with Crippen molar-refractivity contribution in [3.05, 3.63) is 100 Å². The van der Waals surface area contributed by atoms with E-state index in [4.69, 9.17) is 10.00 Å². The van der Waals surface area contributed by atoms with Crippen molar-refractivity contribution in [2.75, 3.05) is 23.8 Å². The first-order valence-electron chi connectivity index (χ1n) is 13.8. The van der Waals surface area contributed by atoms with E-state index in [9.17, 15) is 19.1 Å². The molecule has 2 aliphatic rings. The van der Waals surface area contributed by atoms with E-state index >= 15 is 0 Å². The summed E-state index contributed by atoms with van der Waals surface area (Å²) < 4.78 is 22.0. The minimum absolute atomic E-state index is 0.0859. The lowest BCUT2D eigenvalue weighted by atomic mass is 9.78. The number of Topliss-reactive ketones (excluding diaryl/α,β-unsaturated/α-hetero) is 1. The van der Waals surface area contributed by atoms with Crippen LogP contribution in [0.4, 0.5) is 15.8 Å². The Balaban J connectivity index is 1.22. The number of benzene rings is 3. The van der Waals surface area contributed by atoms with Gasteiger partial charge in [0.2, 0.25) is 0 Å². The smallest absolute Gasteiger partial charge is 0.259 e. The molecular formula is C32H28FN7O4. The van der Waals surface area contributed by atoms with Gasteiger partial charge < -0.3 is 20.5 Å². The van der Waals surface area contributed by atoms with Gasteiger partial charge in [-0.1, -0.05) is 12.1 Å². The number of nitriles is 1. The van der Waals surface area contributed by atoms with Gasteiger partial charge in [0.15, 0.2) is 11.4 Å². The first-order valence-corrected chi connectivity index (χ1v) is 13.8. The van der Waals surface area contributed by atoms with Crippen molar-refractivity contribution in [1.82, 2.24) is 14.8 Å². The first kappa shape index (κ1) is 28.7. The normalized spacial score (nSPS) is 18.3. The largest absolute Gasteiger partial charge is 0.490 e. The van der Waals surface area contributed by atoms with Gasteiger partial charge in [-0.2, -0.15) is 10.4 Å². The zero-order valence-corrected chi connectivity index (χ0v) is 24.1. The molecule has 4 aromatic rings. The lowest BCUT2D eigenvalue weighted by molar-refractivity contribution is -0.135. The summed E-state index contributed by atoms with van der Waals surface area (Å²) in [5.74, 6) is -0.833. The second-order valence-electron chi connectivity index (χ2n) is 11.1. The van der Waals surface area contributed by atoms with E-state index in [1.54, 1.807) is 49.0 Å². The monoisotopic (exact) mass is 593 g/mol. The number of nitrogens with one attached hydrogen (secondary N) is 2. The average molecular weight is 594 g/mol. The maximum atomic E-state index is 14.6. The molecule has 44 heavy (non-hydrogen) atoms. The Hall–Kier alpha value is -5.41. The average Bonchev–Trinajstić information content (AvgIpc) is 3.42. The number of nitrogens with zero attached hydrogens (tertiary/aromatic N) is 5. The summed E-state index contributed by atoms with van der Waals surface area (Å²) in [6, 6.07) is 16.2. The molecule has 0 unspecified atom stereocenters. The molecule has 0 saturated carbocycles. The van der Waals surface area contributed by atoms with Crippen LogP contribution in [0, 0.1) is 24.1 Å². The van der Waals surface area contributed by atoms with Gasteiger partial charge in [0, 0.05) is 29.5 Å². The summed E-state index contributed by atoms with van der Waals surface area (Å²) in [7, 11) is 1.77. The summed E-state index contributed by atoms with van der Waals surface area (Å²) in [5.41, 5.74) is 2.56. The van der Waals surface area contributed by atoms with Crippen LogP contribution >= 0.6 is 0 Å². The van der Waals surface area contributed by atoms with E-state index in [0.717, 1.165) is 5.56 Å². The van der Waals surface area contributed by atoms with Crippen molar-refractivity contribution in [2.45, 2.75) is 31.4 Å².